The second kappa shape index (κ2) is 8.35. The minimum Gasteiger partial charge on any atom is -0.293 e. The van der Waals surface area contributed by atoms with E-state index in [1.807, 2.05) is 12.1 Å². The number of hydrogen-bond donors (Lipinski definition) is 0. The summed E-state index contributed by atoms with van der Waals surface area (Å²) in [5.41, 5.74) is 2.14. The van der Waals surface area contributed by atoms with Crippen LogP contribution in [0.1, 0.15) is 49.0 Å². The molecule has 0 aliphatic rings. The molecule has 0 amide bonds. The van der Waals surface area contributed by atoms with Gasteiger partial charge in [0.25, 0.3) is 0 Å². The van der Waals surface area contributed by atoms with Gasteiger partial charge in [0.05, 0.1) is 5.75 Å². The molecule has 0 spiro atoms. The summed E-state index contributed by atoms with van der Waals surface area (Å²) >= 11 is 1.76. The van der Waals surface area contributed by atoms with Crippen molar-refractivity contribution < 1.29 is 4.79 Å². The Hall–Kier alpha value is -0.760. The summed E-state index contributed by atoms with van der Waals surface area (Å²) < 4.78 is 0. The van der Waals surface area contributed by atoms with Gasteiger partial charge < -0.3 is 0 Å². The summed E-state index contributed by atoms with van der Waals surface area (Å²) in [5.74, 6) is 1.98. The molecule has 0 aromatic heterocycles. The number of rotatable bonds is 8. The van der Waals surface area contributed by atoms with Gasteiger partial charge in [-0.2, -0.15) is 11.8 Å². The number of benzene rings is 1. The Balaban J connectivity index is 2.31. The molecule has 0 aliphatic heterocycles. The standard InChI is InChI=1S/C15H22OS/c1-3-5-6-11-17-12-15(16)14-9-7-13(4-2)8-10-14/h7-10H,3-6,11-12H2,1-2H3. The van der Waals surface area contributed by atoms with Crippen LogP contribution in [-0.4, -0.2) is 17.3 Å². The molecule has 0 bridgehead atoms. The molecule has 1 aromatic carbocycles. The molecule has 17 heavy (non-hydrogen) atoms. The molecule has 1 aromatic rings. The summed E-state index contributed by atoms with van der Waals surface area (Å²) in [5, 5.41) is 0. The van der Waals surface area contributed by atoms with Gasteiger partial charge in [0.15, 0.2) is 5.78 Å². The van der Waals surface area contributed by atoms with Crippen LogP contribution in [0.15, 0.2) is 24.3 Å². The van der Waals surface area contributed by atoms with Crippen molar-refractivity contribution in [1.29, 1.82) is 0 Å². The number of Topliss-reactive ketones (excluding diaryl/α,β-unsaturated/α-hetero) is 1. The van der Waals surface area contributed by atoms with Gasteiger partial charge in [0.2, 0.25) is 0 Å². The number of carbonyl (C=O) groups is 1. The molecule has 0 aliphatic carbocycles. The number of thioether (sulfide) groups is 1. The van der Waals surface area contributed by atoms with Crippen LogP contribution in [0.25, 0.3) is 0 Å². The van der Waals surface area contributed by atoms with E-state index in [0.717, 1.165) is 17.7 Å². The molecule has 0 radical (unpaired) electrons. The lowest BCUT2D eigenvalue weighted by atomic mass is 10.1. The van der Waals surface area contributed by atoms with Crippen LogP contribution in [0.2, 0.25) is 0 Å². The first-order valence-electron chi connectivity index (χ1n) is 6.47. The van der Waals surface area contributed by atoms with Crippen molar-refractivity contribution in [2.24, 2.45) is 0 Å². The van der Waals surface area contributed by atoms with E-state index in [-0.39, 0.29) is 5.78 Å². The maximum Gasteiger partial charge on any atom is 0.172 e. The van der Waals surface area contributed by atoms with Gasteiger partial charge >= 0.3 is 0 Å². The van der Waals surface area contributed by atoms with Crippen molar-refractivity contribution in [1.82, 2.24) is 0 Å². The molecule has 94 valence electrons. The first-order valence-corrected chi connectivity index (χ1v) is 7.63. The van der Waals surface area contributed by atoms with E-state index in [9.17, 15) is 4.79 Å². The summed E-state index contributed by atoms with van der Waals surface area (Å²) in [6, 6.07) is 8.01. The number of ketones is 1. The van der Waals surface area contributed by atoms with Crippen LogP contribution in [0.5, 0.6) is 0 Å². The van der Waals surface area contributed by atoms with E-state index >= 15 is 0 Å². The van der Waals surface area contributed by atoms with Crippen molar-refractivity contribution >= 4 is 17.5 Å². The van der Waals surface area contributed by atoms with Crippen LogP contribution in [0.3, 0.4) is 0 Å². The number of hydrogen-bond acceptors (Lipinski definition) is 2. The SMILES string of the molecule is CCCCCSCC(=O)c1ccc(CC)cc1. The quantitative estimate of drug-likeness (QED) is 0.504. The molecular weight excluding hydrogens is 228 g/mol. The Morgan fingerprint density at radius 3 is 2.41 bits per heavy atom. The van der Waals surface area contributed by atoms with E-state index in [0.29, 0.717) is 5.75 Å². The van der Waals surface area contributed by atoms with E-state index in [1.165, 1.54) is 24.8 Å². The third kappa shape index (κ3) is 5.40. The summed E-state index contributed by atoms with van der Waals surface area (Å²) in [6.07, 6.45) is 4.77. The van der Waals surface area contributed by atoms with Crippen molar-refractivity contribution in [3.8, 4) is 0 Å². The summed E-state index contributed by atoms with van der Waals surface area (Å²) in [7, 11) is 0. The summed E-state index contributed by atoms with van der Waals surface area (Å²) in [4.78, 5) is 11.9. The van der Waals surface area contributed by atoms with Gasteiger partial charge in [-0.15, -0.1) is 0 Å². The topological polar surface area (TPSA) is 17.1 Å². The van der Waals surface area contributed by atoms with E-state index < -0.39 is 0 Å². The fourth-order valence-corrected chi connectivity index (χ4v) is 2.53. The normalized spacial score (nSPS) is 10.5. The summed E-state index contributed by atoms with van der Waals surface area (Å²) in [6.45, 7) is 4.32. The van der Waals surface area contributed by atoms with Gasteiger partial charge in [-0.3, -0.25) is 4.79 Å². The van der Waals surface area contributed by atoms with Crippen molar-refractivity contribution in [2.75, 3.05) is 11.5 Å². The largest absolute Gasteiger partial charge is 0.293 e. The second-order valence-corrected chi connectivity index (χ2v) is 5.34. The zero-order valence-corrected chi connectivity index (χ0v) is 11.7. The van der Waals surface area contributed by atoms with Gasteiger partial charge in [-0.05, 0) is 24.2 Å². The zero-order valence-electron chi connectivity index (χ0n) is 10.9. The predicted molar refractivity (Wildman–Crippen MR) is 77.0 cm³/mol. The third-order valence-electron chi connectivity index (χ3n) is 2.81. The monoisotopic (exact) mass is 250 g/mol. The van der Waals surface area contributed by atoms with Gasteiger partial charge in [-0.1, -0.05) is 51.0 Å². The average molecular weight is 250 g/mol. The van der Waals surface area contributed by atoms with Crippen molar-refractivity contribution in [3.63, 3.8) is 0 Å². The molecule has 0 atom stereocenters. The minimum atomic E-state index is 0.258. The molecule has 0 saturated carbocycles. The van der Waals surface area contributed by atoms with Crippen LogP contribution >= 0.6 is 11.8 Å². The third-order valence-corrected chi connectivity index (χ3v) is 3.85. The smallest absolute Gasteiger partial charge is 0.172 e. The number of aryl methyl sites for hydroxylation is 1. The fourth-order valence-electron chi connectivity index (χ4n) is 1.63. The highest BCUT2D eigenvalue weighted by molar-refractivity contribution is 7.99. The van der Waals surface area contributed by atoms with E-state index in [2.05, 4.69) is 26.0 Å². The van der Waals surface area contributed by atoms with Crippen molar-refractivity contribution in [2.45, 2.75) is 39.5 Å². The Kier molecular flexibility index (Phi) is 7.02. The molecule has 1 rings (SSSR count). The maximum absolute atomic E-state index is 11.9. The maximum atomic E-state index is 11.9. The Bertz CT molecular complexity index is 329. The highest BCUT2D eigenvalue weighted by Gasteiger charge is 2.05. The molecule has 1 nitrogen and oxygen atoms in total. The van der Waals surface area contributed by atoms with E-state index in [1.54, 1.807) is 11.8 Å². The molecule has 0 saturated heterocycles. The minimum absolute atomic E-state index is 0.258. The Morgan fingerprint density at radius 1 is 1.12 bits per heavy atom. The van der Waals surface area contributed by atoms with Crippen molar-refractivity contribution in [3.05, 3.63) is 35.4 Å². The van der Waals surface area contributed by atoms with E-state index in [4.69, 9.17) is 0 Å². The van der Waals surface area contributed by atoms with Gasteiger partial charge in [0, 0.05) is 5.56 Å². The van der Waals surface area contributed by atoms with Gasteiger partial charge in [-0.25, -0.2) is 0 Å². The van der Waals surface area contributed by atoms with Crippen LogP contribution in [0.4, 0.5) is 0 Å². The lowest BCUT2D eigenvalue weighted by Gasteiger charge is -2.02. The fraction of sp³-hybridized carbons (Fsp3) is 0.533. The Labute approximate surface area is 109 Å². The van der Waals surface area contributed by atoms with Crippen LogP contribution in [-0.2, 0) is 6.42 Å². The highest BCUT2D eigenvalue weighted by atomic mass is 32.2. The molecule has 0 heterocycles. The lowest BCUT2D eigenvalue weighted by Crippen LogP contribution is -2.03. The molecular formula is C15H22OS. The Morgan fingerprint density at radius 2 is 1.82 bits per heavy atom. The van der Waals surface area contributed by atoms with Crippen LogP contribution < -0.4 is 0 Å². The first-order chi connectivity index (χ1) is 8.27. The lowest BCUT2D eigenvalue weighted by molar-refractivity contribution is 0.102. The highest BCUT2D eigenvalue weighted by Crippen LogP contribution is 2.11. The van der Waals surface area contributed by atoms with Crippen LogP contribution in [0, 0.1) is 0 Å². The average Bonchev–Trinajstić information content (AvgIpc) is 2.38. The molecule has 0 unspecified atom stereocenters. The second-order valence-electron chi connectivity index (χ2n) is 4.23. The molecule has 0 N–H and O–H groups in total. The number of unbranched alkanes of at least 4 members (excludes halogenated alkanes) is 2. The molecule has 0 fully saturated rings. The van der Waals surface area contributed by atoms with Gasteiger partial charge in [0.1, 0.15) is 0 Å². The molecule has 2 heteroatoms. The predicted octanol–water partition coefficient (Wildman–Crippen LogP) is 4.36. The number of carbonyl (C=O) groups excluding carboxylic acids is 1. The first kappa shape index (κ1) is 14.3. The zero-order chi connectivity index (χ0) is 12.5.